The number of rotatable bonds is 3. The molecule has 1 atom stereocenters. The van der Waals surface area contributed by atoms with Crippen LogP contribution in [-0.2, 0) is 0 Å². The van der Waals surface area contributed by atoms with E-state index in [4.69, 9.17) is 4.74 Å². The number of nitrogens with zero attached hydrogens (tertiary/aromatic N) is 1. The highest BCUT2D eigenvalue weighted by Crippen LogP contribution is 2.31. The molecule has 0 saturated carbocycles. The van der Waals surface area contributed by atoms with Crippen molar-refractivity contribution in [3.05, 3.63) is 23.8 Å². The molecule has 2 rings (SSSR count). The van der Waals surface area contributed by atoms with Crippen molar-refractivity contribution in [2.75, 3.05) is 20.3 Å². The van der Waals surface area contributed by atoms with Crippen LogP contribution in [-0.4, -0.2) is 47.3 Å². The lowest BCUT2D eigenvalue weighted by Crippen LogP contribution is -2.37. The predicted octanol–water partition coefficient (Wildman–Crippen LogP) is 0.998. The molecular weight excluding hydrogens is 234 g/mol. The molecule has 0 radical (unpaired) electrons. The molecule has 1 aromatic rings. The molecule has 18 heavy (non-hydrogen) atoms. The van der Waals surface area contributed by atoms with Gasteiger partial charge in [0.15, 0.2) is 11.5 Å². The zero-order chi connectivity index (χ0) is 13.1. The molecule has 2 N–H and O–H groups in total. The number of ether oxygens (including phenoxy) is 1. The highest BCUT2D eigenvalue weighted by molar-refractivity contribution is 5.98. The molecule has 1 aliphatic rings. The van der Waals surface area contributed by atoms with Gasteiger partial charge in [-0.05, 0) is 25.0 Å². The van der Waals surface area contributed by atoms with E-state index in [2.05, 4.69) is 0 Å². The number of phenols is 1. The Morgan fingerprint density at radius 3 is 3.00 bits per heavy atom. The molecule has 98 valence electrons. The summed E-state index contributed by atoms with van der Waals surface area (Å²) in [4.78, 5) is 13.9. The second kappa shape index (κ2) is 5.27. The minimum atomic E-state index is -0.261. The van der Waals surface area contributed by atoms with E-state index in [1.165, 1.54) is 7.11 Å². The summed E-state index contributed by atoms with van der Waals surface area (Å²) in [6.07, 6.45) is 1.68. The van der Waals surface area contributed by atoms with Crippen molar-refractivity contribution >= 4 is 5.91 Å². The molecule has 5 heteroatoms. The lowest BCUT2D eigenvalue weighted by molar-refractivity contribution is 0.0674. The number of aliphatic hydroxyl groups excluding tert-OH is 1. The fourth-order valence-corrected chi connectivity index (χ4v) is 2.31. The second-order valence-electron chi connectivity index (χ2n) is 4.33. The van der Waals surface area contributed by atoms with Gasteiger partial charge in [0.05, 0.1) is 25.3 Å². The fraction of sp³-hybridized carbons (Fsp3) is 0.462. The number of aliphatic hydroxyl groups is 1. The summed E-state index contributed by atoms with van der Waals surface area (Å²) in [5.41, 5.74) is 0.217. The number of carbonyl (C=O) groups excluding carboxylic acids is 1. The maximum absolute atomic E-state index is 12.3. The van der Waals surface area contributed by atoms with Crippen LogP contribution in [0.25, 0.3) is 0 Å². The number of benzene rings is 1. The number of methoxy groups -OCH3 is 1. The molecule has 0 bridgehead atoms. The zero-order valence-electron chi connectivity index (χ0n) is 10.3. The van der Waals surface area contributed by atoms with Crippen LogP contribution in [0.3, 0.4) is 0 Å². The lowest BCUT2D eigenvalue weighted by Gasteiger charge is -2.23. The van der Waals surface area contributed by atoms with Crippen molar-refractivity contribution in [1.29, 1.82) is 0 Å². The quantitative estimate of drug-likeness (QED) is 0.840. The van der Waals surface area contributed by atoms with Gasteiger partial charge in [-0.15, -0.1) is 0 Å². The molecule has 1 aliphatic heterocycles. The van der Waals surface area contributed by atoms with Crippen LogP contribution in [0.2, 0.25) is 0 Å². The van der Waals surface area contributed by atoms with Crippen molar-refractivity contribution in [2.45, 2.75) is 18.9 Å². The van der Waals surface area contributed by atoms with Crippen molar-refractivity contribution in [2.24, 2.45) is 0 Å². The smallest absolute Gasteiger partial charge is 0.258 e. The number of aromatic hydroxyl groups is 1. The maximum atomic E-state index is 12.3. The number of carbonyl (C=O) groups is 1. The van der Waals surface area contributed by atoms with E-state index < -0.39 is 0 Å². The first kappa shape index (κ1) is 12.7. The first-order valence-electron chi connectivity index (χ1n) is 5.96. The predicted molar refractivity (Wildman–Crippen MR) is 65.8 cm³/mol. The van der Waals surface area contributed by atoms with Gasteiger partial charge in [-0.2, -0.15) is 0 Å². The van der Waals surface area contributed by atoms with Crippen LogP contribution >= 0.6 is 0 Å². The highest BCUT2D eigenvalue weighted by Gasteiger charge is 2.30. The summed E-state index contributed by atoms with van der Waals surface area (Å²) in [6, 6.07) is 4.67. The molecule has 1 heterocycles. The number of likely N-dealkylation sites (tertiary alicyclic amines) is 1. The molecule has 1 saturated heterocycles. The Morgan fingerprint density at radius 2 is 2.33 bits per heavy atom. The van der Waals surface area contributed by atoms with Gasteiger partial charge in [-0.25, -0.2) is 0 Å². The standard InChI is InChI=1S/C13H17NO4/c1-18-11-6-2-5-10(12(11)16)13(17)14-7-3-4-9(14)8-15/h2,5-6,9,15-16H,3-4,7-8H2,1H3/t9-/m1/s1. The van der Waals surface area contributed by atoms with E-state index in [0.717, 1.165) is 12.8 Å². The highest BCUT2D eigenvalue weighted by atomic mass is 16.5. The molecule has 0 spiro atoms. The van der Waals surface area contributed by atoms with Crippen LogP contribution in [0.5, 0.6) is 11.5 Å². The largest absolute Gasteiger partial charge is 0.504 e. The average Bonchev–Trinajstić information content (AvgIpc) is 2.86. The minimum Gasteiger partial charge on any atom is -0.504 e. The summed E-state index contributed by atoms with van der Waals surface area (Å²) < 4.78 is 4.98. The van der Waals surface area contributed by atoms with Crippen LogP contribution in [0, 0.1) is 0 Å². The number of hydrogen-bond acceptors (Lipinski definition) is 4. The van der Waals surface area contributed by atoms with E-state index in [0.29, 0.717) is 6.54 Å². The summed E-state index contributed by atoms with van der Waals surface area (Å²) in [5.74, 6) is -0.128. The minimum absolute atomic E-state index is 0.0452. The normalized spacial score (nSPS) is 19.0. The molecule has 5 nitrogen and oxygen atoms in total. The molecule has 0 unspecified atom stereocenters. The van der Waals surface area contributed by atoms with Crippen molar-refractivity contribution in [3.63, 3.8) is 0 Å². The summed E-state index contributed by atoms with van der Waals surface area (Å²) in [7, 11) is 1.44. The third kappa shape index (κ3) is 2.13. The number of hydrogen-bond donors (Lipinski definition) is 2. The molecule has 1 amide bonds. The van der Waals surface area contributed by atoms with E-state index in [9.17, 15) is 15.0 Å². The molecule has 0 aliphatic carbocycles. The van der Waals surface area contributed by atoms with E-state index in [-0.39, 0.29) is 35.6 Å². The Kier molecular flexibility index (Phi) is 3.72. The Hall–Kier alpha value is -1.75. The second-order valence-corrected chi connectivity index (χ2v) is 4.33. The summed E-state index contributed by atoms with van der Waals surface area (Å²) in [6.45, 7) is 0.567. The summed E-state index contributed by atoms with van der Waals surface area (Å²) >= 11 is 0. The van der Waals surface area contributed by atoms with Gasteiger partial charge in [-0.3, -0.25) is 4.79 Å². The lowest BCUT2D eigenvalue weighted by atomic mass is 10.1. The SMILES string of the molecule is COc1cccc(C(=O)N2CCC[C@@H]2CO)c1O. The van der Waals surface area contributed by atoms with Crippen LogP contribution < -0.4 is 4.74 Å². The van der Waals surface area contributed by atoms with Crippen LogP contribution in [0.4, 0.5) is 0 Å². The number of para-hydroxylation sites is 1. The third-order valence-electron chi connectivity index (χ3n) is 3.30. The van der Waals surface area contributed by atoms with Gasteiger partial charge in [0.25, 0.3) is 5.91 Å². The van der Waals surface area contributed by atoms with Gasteiger partial charge in [0.2, 0.25) is 0 Å². The van der Waals surface area contributed by atoms with Crippen LogP contribution in [0.1, 0.15) is 23.2 Å². The number of amides is 1. The first-order chi connectivity index (χ1) is 8.69. The van der Waals surface area contributed by atoms with E-state index in [1.807, 2.05) is 0 Å². The fourth-order valence-electron chi connectivity index (χ4n) is 2.31. The molecule has 1 fully saturated rings. The van der Waals surface area contributed by atoms with E-state index in [1.54, 1.807) is 23.1 Å². The Morgan fingerprint density at radius 1 is 1.56 bits per heavy atom. The summed E-state index contributed by atoms with van der Waals surface area (Å²) in [5, 5.41) is 19.2. The first-order valence-corrected chi connectivity index (χ1v) is 5.96. The number of phenolic OH excluding ortho intramolecular Hbond substituents is 1. The average molecular weight is 251 g/mol. The third-order valence-corrected chi connectivity index (χ3v) is 3.30. The maximum Gasteiger partial charge on any atom is 0.258 e. The van der Waals surface area contributed by atoms with Crippen molar-refractivity contribution in [1.82, 2.24) is 4.90 Å². The molecule has 0 aromatic heterocycles. The van der Waals surface area contributed by atoms with Gasteiger partial charge in [0, 0.05) is 6.54 Å². The zero-order valence-corrected chi connectivity index (χ0v) is 10.3. The van der Waals surface area contributed by atoms with Gasteiger partial charge in [-0.1, -0.05) is 6.07 Å². The van der Waals surface area contributed by atoms with Crippen molar-refractivity contribution < 1.29 is 19.7 Å². The van der Waals surface area contributed by atoms with Gasteiger partial charge in [0.1, 0.15) is 0 Å². The van der Waals surface area contributed by atoms with Gasteiger partial charge < -0.3 is 19.8 Å². The monoisotopic (exact) mass is 251 g/mol. The Bertz CT molecular complexity index is 447. The van der Waals surface area contributed by atoms with E-state index >= 15 is 0 Å². The Labute approximate surface area is 106 Å². The molecule has 1 aromatic carbocycles. The van der Waals surface area contributed by atoms with Gasteiger partial charge >= 0.3 is 0 Å². The Balaban J connectivity index is 2.28. The van der Waals surface area contributed by atoms with Crippen LogP contribution in [0.15, 0.2) is 18.2 Å². The topological polar surface area (TPSA) is 70.0 Å². The molecular formula is C13H17NO4. The van der Waals surface area contributed by atoms with Crippen molar-refractivity contribution in [3.8, 4) is 11.5 Å².